The van der Waals surface area contributed by atoms with Gasteiger partial charge in [-0.1, -0.05) is 18.2 Å². The van der Waals surface area contributed by atoms with Crippen molar-refractivity contribution in [1.29, 1.82) is 0 Å². The summed E-state index contributed by atoms with van der Waals surface area (Å²) in [6.07, 6.45) is 1.82. The van der Waals surface area contributed by atoms with Gasteiger partial charge in [0.05, 0.1) is 17.9 Å². The molecule has 0 fully saturated rings. The molecule has 1 aromatic heterocycles. The molecule has 24 heavy (non-hydrogen) atoms. The minimum absolute atomic E-state index is 0.0780. The molecule has 0 bridgehead atoms. The summed E-state index contributed by atoms with van der Waals surface area (Å²) in [5.41, 5.74) is 3.71. The Morgan fingerprint density at radius 1 is 1.12 bits per heavy atom. The molecule has 0 radical (unpaired) electrons. The fourth-order valence-corrected chi connectivity index (χ4v) is 3.00. The largest absolute Gasteiger partial charge is 0.345 e. The van der Waals surface area contributed by atoms with Gasteiger partial charge in [-0.2, -0.15) is 5.10 Å². The van der Waals surface area contributed by atoms with Gasteiger partial charge in [0.1, 0.15) is 0 Å². The van der Waals surface area contributed by atoms with E-state index in [0.717, 1.165) is 20.5 Å². The lowest BCUT2D eigenvalue weighted by molar-refractivity contribution is 0.0940. The van der Waals surface area contributed by atoms with Gasteiger partial charge in [-0.15, -0.1) is 0 Å². The number of benzene rings is 2. The van der Waals surface area contributed by atoms with Crippen LogP contribution in [0.5, 0.6) is 0 Å². The number of rotatable bonds is 4. The highest BCUT2D eigenvalue weighted by molar-refractivity contribution is 14.1. The Labute approximate surface area is 155 Å². The fraction of sp³-hybridized carbons (Fsp3) is 0.158. The first-order chi connectivity index (χ1) is 11.6. The number of carbonyl (C=O) groups is 1. The molecular formula is C19H18IN3O. The number of halogens is 1. The number of para-hydroxylation sites is 1. The molecule has 4 nitrogen and oxygen atoms in total. The first-order valence-electron chi connectivity index (χ1n) is 7.72. The van der Waals surface area contributed by atoms with E-state index in [0.29, 0.717) is 5.56 Å². The molecular weight excluding hydrogens is 413 g/mol. The molecule has 2 aromatic carbocycles. The van der Waals surface area contributed by atoms with Gasteiger partial charge in [-0.05, 0) is 72.8 Å². The molecule has 1 unspecified atom stereocenters. The first kappa shape index (κ1) is 16.7. The van der Waals surface area contributed by atoms with Crippen molar-refractivity contribution in [3.63, 3.8) is 0 Å². The molecule has 0 aliphatic rings. The Kier molecular flexibility index (Phi) is 4.99. The molecule has 0 spiro atoms. The highest BCUT2D eigenvalue weighted by Gasteiger charge is 2.17. The molecule has 1 heterocycles. The standard InChI is InChI=1S/C19H18IN3O/c1-13(22-19(24)15-8-10-16(20)11-9-15)18-12-21-23(14(18)2)17-6-4-3-5-7-17/h3-13H,1-2H3,(H,22,24). The van der Waals surface area contributed by atoms with Gasteiger partial charge >= 0.3 is 0 Å². The average Bonchev–Trinajstić information content (AvgIpc) is 2.98. The summed E-state index contributed by atoms with van der Waals surface area (Å²) in [5.74, 6) is -0.0780. The number of nitrogens with zero attached hydrogens (tertiary/aromatic N) is 2. The Morgan fingerprint density at radius 3 is 2.46 bits per heavy atom. The summed E-state index contributed by atoms with van der Waals surface area (Å²) in [7, 11) is 0. The van der Waals surface area contributed by atoms with Crippen molar-refractivity contribution < 1.29 is 4.79 Å². The zero-order valence-electron chi connectivity index (χ0n) is 13.5. The van der Waals surface area contributed by atoms with E-state index in [-0.39, 0.29) is 11.9 Å². The van der Waals surface area contributed by atoms with E-state index in [1.807, 2.05) is 79.3 Å². The second kappa shape index (κ2) is 7.17. The molecule has 1 N–H and O–H groups in total. The minimum Gasteiger partial charge on any atom is -0.345 e. The van der Waals surface area contributed by atoms with Gasteiger partial charge in [0.2, 0.25) is 0 Å². The number of aromatic nitrogens is 2. The molecule has 0 aliphatic heterocycles. The molecule has 3 aromatic rings. The van der Waals surface area contributed by atoms with E-state index < -0.39 is 0 Å². The zero-order valence-corrected chi connectivity index (χ0v) is 15.7. The summed E-state index contributed by atoms with van der Waals surface area (Å²) < 4.78 is 3.00. The summed E-state index contributed by atoms with van der Waals surface area (Å²) in [6.45, 7) is 3.99. The highest BCUT2D eigenvalue weighted by atomic mass is 127. The Morgan fingerprint density at radius 2 is 1.79 bits per heavy atom. The Hall–Kier alpha value is -2.15. The molecule has 1 amide bonds. The van der Waals surface area contributed by atoms with Crippen LogP contribution in [0.15, 0.2) is 60.8 Å². The van der Waals surface area contributed by atoms with Crippen LogP contribution >= 0.6 is 22.6 Å². The van der Waals surface area contributed by atoms with Crippen LogP contribution in [0.2, 0.25) is 0 Å². The van der Waals surface area contributed by atoms with Crippen LogP contribution in [0.25, 0.3) is 5.69 Å². The summed E-state index contributed by atoms with van der Waals surface area (Å²) in [6, 6.07) is 17.4. The fourth-order valence-electron chi connectivity index (χ4n) is 2.64. The first-order valence-corrected chi connectivity index (χ1v) is 8.80. The van der Waals surface area contributed by atoms with Gasteiger partial charge < -0.3 is 5.32 Å². The van der Waals surface area contributed by atoms with E-state index in [1.165, 1.54) is 0 Å². The highest BCUT2D eigenvalue weighted by Crippen LogP contribution is 2.20. The molecule has 122 valence electrons. The van der Waals surface area contributed by atoms with Crippen LogP contribution < -0.4 is 5.32 Å². The average molecular weight is 431 g/mol. The van der Waals surface area contributed by atoms with Crippen LogP contribution in [-0.4, -0.2) is 15.7 Å². The van der Waals surface area contributed by atoms with Crippen LogP contribution in [0.4, 0.5) is 0 Å². The topological polar surface area (TPSA) is 46.9 Å². The van der Waals surface area contributed by atoms with E-state index in [4.69, 9.17) is 0 Å². The van der Waals surface area contributed by atoms with E-state index in [9.17, 15) is 4.79 Å². The molecule has 3 rings (SSSR count). The van der Waals surface area contributed by atoms with Gasteiger partial charge in [-0.25, -0.2) is 4.68 Å². The van der Waals surface area contributed by atoms with Crippen LogP contribution in [-0.2, 0) is 0 Å². The van der Waals surface area contributed by atoms with Gasteiger partial charge in [0.15, 0.2) is 0 Å². The normalized spacial score (nSPS) is 12.0. The molecule has 1 atom stereocenters. The number of hydrogen-bond donors (Lipinski definition) is 1. The van der Waals surface area contributed by atoms with Crippen molar-refractivity contribution in [3.05, 3.63) is 81.2 Å². The van der Waals surface area contributed by atoms with Crippen LogP contribution in [0.1, 0.15) is 34.6 Å². The molecule has 5 heteroatoms. The molecule has 0 saturated heterocycles. The summed E-state index contributed by atoms with van der Waals surface area (Å²) >= 11 is 2.22. The van der Waals surface area contributed by atoms with Crippen molar-refractivity contribution in [3.8, 4) is 5.69 Å². The summed E-state index contributed by atoms with van der Waals surface area (Å²) in [5, 5.41) is 7.51. The third-order valence-electron chi connectivity index (χ3n) is 3.97. The van der Waals surface area contributed by atoms with Gasteiger partial charge in [-0.3, -0.25) is 4.79 Å². The zero-order chi connectivity index (χ0) is 17.1. The van der Waals surface area contributed by atoms with Crippen molar-refractivity contribution in [2.24, 2.45) is 0 Å². The maximum absolute atomic E-state index is 12.4. The van der Waals surface area contributed by atoms with E-state index in [2.05, 4.69) is 33.0 Å². The van der Waals surface area contributed by atoms with Gasteiger partial charge in [0.25, 0.3) is 5.91 Å². The lowest BCUT2D eigenvalue weighted by atomic mass is 10.1. The summed E-state index contributed by atoms with van der Waals surface area (Å²) in [4.78, 5) is 12.4. The van der Waals surface area contributed by atoms with E-state index in [1.54, 1.807) is 0 Å². The van der Waals surface area contributed by atoms with E-state index >= 15 is 0 Å². The molecule has 0 saturated carbocycles. The van der Waals surface area contributed by atoms with Crippen molar-refractivity contribution in [2.45, 2.75) is 19.9 Å². The predicted molar refractivity (Wildman–Crippen MR) is 103 cm³/mol. The number of carbonyl (C=O) groups excluding carboxylic acids is 1. The third kappa shape index (κ3) is 3.51. The maximum atomic E-state index is 12.4. The van der Waals surface area contributed by atoms with Crippen LogP contribution in [0, 0.1) is 10.5 Å². The van der Waals surface area contributed by atoms with Gasteiger partial charge in [0, 0.05) is 20.4 Å². The predicted octanol–water partition coefficient (Wildman–Crippen LogP) is 4.28. The van der Waals surface area contributed by atoms with Crippen molar-refractivity contribution in [2.75, 3.05) is 0 Å². The quantitative estimate of drug-likeness (QED) is 0.628. The second-order valence-electron chi connectivity index (χ2n) is 5.63. The smallest absolute Gasteiger partial charge is 0.251 e. The number of nitrogens with one attached hydrogen (secondary N) is 1. The van der Waals surface area contributed by atoms with Crippen molar-refractivity contribution in [1.82, 2.24) is 15.1 Å². The second-order valence-corrected chi connectivity index (χ2v) is 6.88. The lowest BCUT2D eigenvalue weighted by Crippen LogP contribution is -2.26. The minimum atomic E-state index is -0.116. The van der Waals surface area contributed by atoms with Crippen molar-refractivity contribution >= 4 is 28.5 Å². The lowest BCUT2D eigenvalue weighted by Gasteiger charge is -2.14. The Balaban J connectivity index is 1.78. The number of amides is 1. The molecule has 0 aliphatic carbocycles. The maximum Gasteiger partial charge on any atom is 0.251 e. The SMILES string of the molecule is Cc1c(C(C)NC(=O)c2ccc(I)cc2)cnn1-c1ccccc1. The number of hydrogen-bond acceptors (Lipinski definition) is 2. The Bertz CT molecular complexity index is 841. The third-order valence-corrected chi connectivity index (χ3v) is 4.69. The van der Waals surface area contributed by atoms with Crippen LogP contribution in [0.3, 0.4) is 0 Å². The monoisotopic (exact) mass is 431 g/mol.